The first-order chi connectivity index (χ1) is 22.3. The lowest BCUT2D eigenvalue weighted by molar-refractivity contribution is -0.186. The second-order valence-corrected chi connectivity index (χ2v) is 12.2. The summed E-state index contributed by atoms with van der Waals surface area (Å²) in [5.41, 5.74) is -0.449. The summed E-state index contributed by atoms with van der Waals surface area (Å²) in [6, 6.07) is 10.9. The molecular weight excluding hydrogens is 618 g/mol. The lowest BCUT2D eigenvalue weighted by atomic mass is 9.50. The Morgan fingerprint density at radius 3 is 2.38 bits per heavy atom. The zero-order chi connectivity index (χ0) is 33.8. The van der Waals surface area contributed by atoms with Crippen molar-refractivity contribution in [3.8, 4) is 11.5 Å². The zero-order valence-corrected chi connectivity index (χ0v) is 25.8. The van der Waals surface area contributed by atoms with Gasteiger partial charge in [-0.05, 0) is 51.1 Å². The molecule has 0 unspecified atom stereocenters. The molecule has 0 aromatic heterocycles. The number of nitrogens with zero attached hydrogens (tertiary/aromatic N) is 1. The van der Waals surface area contributed by atoms with Crippen LogP contribution in [-0.2, 0) is 45.2 Å². The van der Waals surface area contributed by atoms with E-state index in [-0.39, 0.29) is 23.8 Å². The Kier molecular flexibility index (Phi) is 8.24. The Labute approximate surface area is 269 Å². The van der Waals surface area contributed by atoms with Gasteiger partial charge in [-0.25, -0.2) is 19.2 Å². The molecule has 4 N–H and O–H groups in total. The average molecular weight is 654 g/mol. The van der Waals surface area contributed by atoms with Gasteiger partial charge in [0.2, 0.25) is 6.10 Å². The molecule has 1 spiro atoms. The van der Waals surface area contributed by atoms with Gasteiger partial charge in [-0.15, -0.1) is 0 Å². The number of methoxy groups -OCH3 is 1. The monoisotopic (exact) mass is 653 g/mol. The number of carboxylic acid groups (broad SMARTS) is 1. The lowest BCUT2D eigenvalue weighted by Gasteiger charge is -2.61. The molecule has 250 valence electrons. The molecule has 6 rings (SSSR count). The van der Waals surface area contributed by atoms with Crippen molar-refractivity contribution in [3.63, 3.8) is 0 Å². The number of aliphatic carboxylic acids is 1. The number of carboxylic acids is 1. The molecule has 2 aliphatic heterocycles. The molecular formula is C33H35NO13. The highest BCUT2D eigenvalue weighted by Crippen LogP contribution is 2.65. The quantitative estimate of drug-likeness (QED) is 0.205. The first-order valence-corrected chi connectivity index (χ1v) is 15.1. The number of hydrogen-bond donors (Lipinski definition) is 4. The van der Waals surface area contributed by atoms with Crippen molar-refractivity contribution in [2.45, 2.75) is 73.8 Å². The minimum absolute atomic E-state index is 0.0119. The standard InChI is InChI=1S/C33H35NO13/c1-16(28(37)38)44-31(41)25(17-7-5-4-6-8-17)47-30(40)24(36)23(35)29(39)45-20-11-12-33(42)21-15-18-9-10-19(43-3)26-22(18)32(33,27(20)46-26)13-14-34(21)2/h4-11,16,21,23-25,27,35-36,42H,12-15H2,1-3H3,(H,37,38)/t16-,21+,23+,24+,25-,27-,32-,33+/m0/s1. The number of esters is 3. The fraction of sp³-hybridized carbons (Fsp3) is 0.455. The number of carbonyl (C=O) groups excluding carboxylic acids is 3. The number of benzene rings is 2. The average Bonchev–Trinajstić information content (AvgIpc) is 3.42. The van der Waals surface area contributed by atoms with E-state index in [1.54, 1.807) is 12.1 Å². The van der Waals surface area contributed by atoms with E-state index in [4.69, 9.17) is 28.8 Å². The van der Waals surface area contributed by atoms with E-state index in [9.17, 15) is 34.5 Å². The van der Waals surface area contributed by atoms with Crippen LogP contribution in [0.1, 0.15) is 42.6 Å². The van der Waals surface area contributed by atoms with Crippen LogP contribution in [0.2, 0.25) is 0 Å². The molecule has 47 heavy (non-hydrogen) atoms. The summed E-state index contributed by atoms with van der Waals surface area (Å²) in [5.74, 6) is -4.81. The number of piperidine rings is 1. The molecule has 0 saturated carbocycles. The van der Waals surface area contributed by atoms with Crippen molar-refractivity contribution < 1.29 is 63.3 Å². The van der Waals surface area contributed by atoms with Crippen LogP contribution in [0.5, 0.6) is 11.5 Å². The number of aliphatic hydroxyl groups is 3. The first-order valence-electron chi connectivity index (χ1n) is 15.1. The van der Waals surface area contributed by atoms with Crippen molar-refractivity contribution in [1.29, 1.82) is 0 Å². The van der Waals surface area contributed by atoms with Crippen molar-refractivity contribution in [2.75, 3.05) is 20.7 Å². The molecule has 4 aliphatic rings. The second kappa shape index (κ2) is 11.9. The highest BCUT2D eigenvalue weighted by molar-refractivity contribution is 5.88. The summed E-state index contributed by atoms with van der Waals surface area (Å²) >= 11 is 0. The lowest BCUT2D eigenvalue weighted by Crippen LogP contribution is -2.74. The van der Waals surface area contributed by atoms with Crippen LogP contribution in [0.3, 0.4) is 0 Å². The predicted octanol–water partition coefficient (Wildman–Crippen LogP) is 0.539. The molecule has 2 aromatic rings. The zero-order valence-electron chi connectivity index (χ0n) is 25.8. The Morgan fingerprint density at radius 2 is 1.70 bits per heavy atom. The van der Waals surface area contributed by atoms with Crippen molar-refractivity contribution in [2.24, 2.45) is 0 Å². The maximum absolute atomic E-state index is 13.2. The van der Waals surface area contributed by atoms with Crippen LogP contribution < -0.4 is 9.47 Å². The molecule has 1 fully saturated rings. The molecule has 2 heterocycles. The number of carbonyl (C=O) groups is 4. The van der Waals surface area contributed by atoms with Gasteiger partial charge in [0.1, 0.15) is 5.76 Å². The van der Waals surface area contributed by atoms with Crippen molar-refractivity contribution >= 4 is 23.9 Å². The number of likely N-dealkylation sites (tertiary alicyclic amines) is 1. The van der Waals surface area contributed by atoms with Gasteiger partial charge in [-0.2, -0.15) is 0 Å². The number of likely N-dealkylation sites (N-methyl/N-ethyl adjacent to an activating group) is 1. The third kappa shape index (κ3) is 5.03. The number of rotatable bonds is 10. The third-order valence-electron chi connectivity index (χ3n) is 9.75. The Bertz CT molecular complexity index is 1640. The van der Waals surface area contributed by atoms with Gasteiger partial charge in [0.15, 0.2) is 35.9 Å². The second-order valence-electron chi connectivity index (χ2n) is 12.2. The Hall–Kier alpha value is -4.50. The highest BCUT2D eigenvalue weighted by atomic mass is 16.6. The summed E-state index contributed by atoms with van der Waals surface area (Å²) in [4.78, 5) is 52.2. The van der Waals surface area contributed by atoms with E-state index in [0.29, 0.717) is 30.9 Å². The maximum Gasteiger partial charge on any atom is 0.353 e. The third-order valence-corrected chi connectivity index (χ3v) is 9.75. The van der Waals surface area contributed by atoms with E-state index in [0.717, 1.165) is 18.1 Å². The summed E-state index contributed by atoms with van der Waals surface area (Å²) in [5, 5.41) is 42.8. The summed E-state index contributed by atoms with van der Waals surface area (Å²) in [6.45, 7) is 1.72. The van der Waals surface area contributed by atoms with Gasteiger partial charge >= 0.3 is 23.9 Å². The minimum atomic E-state index is -2.51. The van der Waals surface area contributed by atoms with Crippen molar-refractivity contribution in [1.82, 2.24) is 4.90 Å². The molecule has 14 heteroatoms. The first kappa shape index (κ1) is 32.4. The van der Waals surface area contributed by atoms with E-state index < -0.39 is 65.4 Å². The maximum atomic E-state index is 13.2. The van der Waals surface area contributed by atoms with Crippen LogP contribution in [-0.4, -0.2) is 106 Å². The van der Waals surface area contributed by atoms with E-state index in [1.165, 1.54) is 37.5 Å². The van der Waals surface area contributed by atoms with Crippen LogP contribution in [0.25, 0.3) is 0 Å². The summed E-state index contributed by atoms with van der Waals surface area (Å²) in [7, 11) is 3.44. The number of hydrogen-bond acceptors (Lipinski definition) is 13. The topological polar surface area (TPSA) is 199 Å². The van der Waals surface area contributed by atoms with Gasteiger partial charge in [0, 0.05) is 23.6 Å². The van der Waals surface area contributed by atoms with Gasteiger partial charge in [0.25, 0.3) is 0 Å². The van der Waals surface area contributed by atoms with Crippen LogP contribution in [0.15, 0.2) is 54.3 Å². The van der Waals surface area contributed by atoms with E-state index in [2.05, 4.69) is 4.90 Å². The molecule has 0 amide bonds. The predicted molar refractivity (Wildman–Crippen MR) is 158 cm³/mol. The number of ether oxygens (including phenoxy) is 5. The molecule has 14 nitrogen and oxygen atoms in total. The molecule has 1 saturated heterocycles. The summed E-state index contributed by atoms with van der Waals surface area (Å²) in [6.07, 6.45) is -6.72. The largest absolute Gasteiger partial charge is 0.493 e. The van der Waals surface area contributed by atoms with Crippen LogP contribution in [0.4, 0.5) is 0 Å². The minimum Gasteiger partial charge on any atom is -0.493 e. The molecule has 8 atom stereocenters. The SMILES string of the molecule is COc1ccc2c3c1O[C@H]1C(OC(=O)[C@H](O)[C@@H](O)C(=O)O[C@H](C(=O)O[C@@H](C)C(=O)O)c4ccccc4)=CC[C@@]4(O)[C@@H](C2)N(C)CC[C@]314. The fourth-order valence-electron chi connectivity index (χ4n) is 7.37. The molecule has 0 radical (unpaired) electrons. The van der Waals surface area contributed by atoms with E-state index >= 15 is 0 Å². The molecule has 2 bridgehead atoms. The normalized spacial score (nSPS) is 27.9. The summed E-state index contributed by atoms with van der Waals surface area (Å²) < 4.78 is 27.5. The molecule has 2 aromatic carbocycles. The van der Waals surface area contributed by atoms with E-state index in [1.807, 2.05) is 13.1 Å². The Balaban J connectivity index is 1.22. The fourth-order valence-corrected chi connectivity index (χ4v) is 7.37. The van der Waals surface area contributed by atoms with Crippen LogP contribution in [0, 0.1) is 0 Å². The highest BCUT2D eigenvalue weighted by Gasteiger charge is 2.72. The smallest absolute Gasteiger partial charge is 0.353 e. The van der Waals surface area contributed by atoms with Crippen LogP contribution >= 0.6 is 0 Å². The number of aliphatic hydroxyl groups excluding tert-OH is 2. The Morgan fingerprint density at radius 1 is 1.00 bits per heavy atom. The van der Waals surface area contributed by atoms with Gasteiger partial charge in [-0.3, -0.25) is 0 Å². The van der Waals surface area contributed by atoms with Gasteiger partial charge < -0.3 is 49.0 Å². The van der Waals surface area contributed by atoms with Gasteiger partial charge in [0.05, 0.1) is 18.1 Å². The van der Waals surface area contributed by atoms with Gasteiger partial charge in [-0.1, -0.05) is 36.4 Å². The van der Waals surface area contributed by atoms with Crippen molar-refractivity contribution in [3.05, 3.63) is 71.0 Å². The molecule has 2 aliphatic carbocycles.